The highest BCUT2D eigenvalue weighted by atomic mass is 79.9. The van der Waals surface area contributed by atoms with E-state index in [0.717, 1.165) is 29.5 Å². The quantitative estimate of drug-likeness (QED) is 0.485. The molecule has 0 saturated heterocycles. The van der Waals surface area contributed by atoms with Crippen molar-refractivity contribution < 1.29 is 9.59 Å². The van der Waals surface area contributed by atoms with E-state index in [2.05, 4.69) is 45.5 Å². The molecule has 0 bridgehead atoms. The summed E-state index contributed by atoms with van der Waals surface area (Å²) in [7, 11) is 0. The Kier molecular flexibility index (Phi) is 9.47. The molecular weight excluding hydrogens is 472 g/mol. The van der Waals surface area contributed by atoms with Gasteiger partial charge in [0, 0.05) is 22.8 Å². The van der Waals surface area contributed by atoms with Crippen LogP contribution < -0.4 is 5.32 Å². The summed E-state index contributed by atoms with van der Waals surface area (Å²) in [4.78, 5) is 27.7. The number of hydrogen-bond acceptors (Lipinski definition) is 3. The fourth-order valence-corrected chi connectivity index (χ4v) is 5.02. The summed E-state index contributed by atoms with van der Waals surface area (Å²) < 4.78 is 1.05. The molecule has 2 aromatic carbocycles. The number of nitrogens with zero attached hydrogens (tertiary/aromatic N) is 1. The molecule has 1 fully saturated rings. The van der Waals surface area contributed by atoms with Gasteiger partial charge in [0.1, 0.15) is 6.04 Å². The SMILES string of the molecule is C[C@@H](C(=O)NC1CCCC1)N(CCc1ccccc1)C(=O)CSCc1ccc(Br)cc1. The second-order valence-corrected chi connectivity index (χ2v) is 10.0. The summed E-state index contributed by atoms with van der Waals surface area (Å²) in [5, 5.41) is 3.16. The maximum atomic E-state index is 13.1. The number of hydrogen-bond donors (Lipinski definition) is 1. The first-order valence-electron chi connectivity index (χ1n) is 11.0. The third-order valence-electron chi connectivity index (χ3n) is 5.76. The summed E-state index contributed by atoms with van der Waals surface area (Å²) >= 11 is 5.04. The van der Waals surface area contributed by atoms with E-state index >= 15 is 0 Å². The maximum Gasteiger partial charge on any atom is 0.242 e. The lowest BCUT2D eigenvalue weighted by molar-refractivity contribution is -0.138. The van der Waals surface area contributed by atoms with Gasteiger partial charge in [-0.25, -0.2) is 0 Å². The minimum atomic E-state index is -0.468. The van der Waals surface area contributed by atoms with E-state index in [4.69, 9.17) is 0 Å². The van der Waals surface area contributed by atoms with Crippen molar-refractivity contribution in [1.29, 1.82) is 0 Å². The summed E-state index contributed by atoms with van der Waals surface area (Å²) in [6.45, 7) is 2.40. The smallest absolute Gasteiger partial charge is 0.242 e. The van der Waals surface area contributed by atoms with Gasteiger partial charge in [0.05, 0.1) is 5.75 Å². The Morgan fingerprint density at radius 1 is 1.06 bits per heavy atom. The summed E-state index contributed by atoms with van der Waals surface area (Å²) in [5.41, 5.74) is 2.36. The Bertz CT molecular complexity index is 838. The van der Waals surface area contributed by atoms with Crippen molar-refractivity contribution in [3.8, 4) is 0 Å². The molecule has 3 rings (SSSR count). The molecule has 4 nitrogen and oxygen atoms in total. The molecule has 1 aliphatic carbocycles. The highest BCUT2D eigenvalue weighted by Gasteiger charge is 2.28. The second kappa shape index (κ2) is 12.3. The van der Waals surface area contributed by atoms with Crippen LogP contribution >= 0.6 is 27.7 Å². The second-order valence-electron chi connectivity index (χ2n) is 8.11. The minimum absolute atomic E-state index is 0.0205. The zero-order chi connectivity index (χ0) is 22.1. The van der Waals surface area contributed by atoms with Crippen molar-refractivity contribution in [3.63, 3.8) is 0 Å². The number of nitrogens with one attached hydrogen (secondary N) is 1. The molecule has 166 valence electrons. The van der Waals surface area contributed by atoms with Gasteiger partial charge in [-0.15, -0.1) is 11.8 Å². The molecule has 6 heteroatoms. The molecule has 31 heavy (non-hydrogen) atoms. The number of carbonyl (C=O) groups is 2. The lowest BCUT2D eigenvalue weighted by Crippen LogP contribution is -2.51. The van der Waals surface area contributed by atoms with Gasteiger partial charge in [0.15, 0.2) is 0 Å². The van der Waals surface area contributed by atoms with Crippen LogP contribution in [0.4, 0.5) is 0 Å². The van der Waals surface area contributed by atoms with Gasteiger partial charge in [-0.1, -0.05) is 71.2 Å². The minimum Gasteiger partial charge on any atom is -0.352 e. The molecule has 1 saturated carbocycles. The number of thioether (sulfide) groups is 1. The number of rotatable bonds is 10. The van der Waals surface area contributed by atoms with E-state index in [1.165, 1.54) is 24.0 Å². The van der Waals surface area contributed by atoms with Crippen LogP contribution in [0.25, 0.3) is 0 Å². The van der Waals surface area contributed by atoms with Crippen LogP contribution in [0.2, 0.25) is 0 Å². The standard InChI is InChI=1S/C25H31BrN2O2S/c1-19(25(30)27-23-9-5-6-10-23)28(16-15-20-7-3-2-4-8-20)24(29)18-31-17-21-11-13-22(26)14-12-21/h2-4,7-8,11-14,19,23H,5-6,9-10,15-18H2,1H3,(H,27,30)/t19-/m0/s1. The Balaban J connectivity index is 1.59. The van der Waals surface area contributed by atoms with E-state index in [1.807, 2.05) is 37.3 Å². The highest BCUT2D eigenvalue weighted by Crippen LogP contribution is 2.19. The van der Waals surface area contributed by atoms with Gasteiger partial charge in [-0.05, 0) is 49.4 Å². The lowest BCUT2D eigenvalue weighted by atomic mass is 10.1. The van der Waals surface area contributed by atoms with Gasteiger partial charge >= 0.3 is 0 Å². The van der Waals surface area contributed by atoms with Crippen molar-refractivity contribution in [1.82, 2.24) is 10.2 Å². The largest absolute Gasteiger partial charge is 0.352 e. The van der Waals surface area contributed by atoms with Crippen LogP contribution in [0.15, 0.2) is 59.1 Å². The first-order valence-corrected chi connectivity index (χ1v) is 12.9. The van der Waals surface area contributed by atoms with Gasteiger partial charge in [-0.3, -0.25) is 9.59 Å². The number of carbonyl (C=O) groups excluding carboxylic acids is 2. The first-order chi connectivity index (χ1) is 15.0. The molecular formula is C25H31BrN2O2S. The number of halogens is 1. The van der Waals surface area contributed by atoms with Crippen molar-refractivity contribution in [3.05, 3.63) is 70.2 Å². The molecule has 1 atom stereocenters. The molecule has 0 aliphatic heterocycles. The van der Waals surface area contributed by atoms with Crippen molar-refractivity contribution in [2.45, 2.75) is 56.9 Å². The zero-order valence-electron chi connectivity index (χ0n) is 18.1. The van der Waals surface area contributed by atoms with E-state index < -0.39 is 6.04 Å². The molecule has 0 unspecified atom stereocenters. The molecule has 2 amide bonds. The predicted octanol–water partition coefficient (Wildman–Crippen LogP) is 5.20. The molecule has 1 aliphatic rings. The first kappa shape index (κ1) is 23.9. The van der Waals surface area contributed by atoms with E-state index in [-0.39, 0.29) is 17.9 Å². The third-order valence-corrected chi connectivity index (χ3v) is 7.28. The maximum absolute atomic E-state index is 13.1. The predicted molar refractivity (Wildman–Crippen MR) is 132 cm³/mol. The molecule has 0 radical (unpaired) electrons. The van der Waals surface area contributed by atoms with Crippen molar-refractivity contribution >= 4 is 39.5 Å². The molecule has 0 aromatic heterocycles. The Morgan fingerprint density at radius 3 is 2.42 bits per heavy atom. The van der Waals surface area contributed by atoms with Gasteiger partial charge < -0.3 is 10.2 Å². The fourth-order valence-electron chi connectivity index (χ4n) is 3.88. The number of benzene rings is 2. The van der Waals surface area contributed by atoms with Crippen molar-refractivity contribution in [2.75, 3.05) is 12.3 Å². The molecule has 0 spiro atoms. The van der Waals surface area contributed by atoms with E-state index in [9.17, 15) is 9.59 Å². The molecule has 2 aromatic rings. The van der Waals surface area contributed by atoms with Crippen LogP contribution in [0, 0.1) is 0 Å². The van der Waals surface area contributed by atoms with Gasteiger partial charge in [0.25, 0.3) is 0 Å². The van der Waals surface area contributed by atoms with Crippen LogP contribution in [0.1, 0.15) is 43.7 Å². The van der Waals surface area contributed by atoms with E-state index in [1.54, 1.807) is 16.7 Å². The lowest BCUT2D eigenvalue weighted by Gasteiger charge is -2.29. The Labute approximate surface area is 198 Å². The summed E-state index contributed by atoms with van der Waals surface area (Å²) in [6.07, 6.45) is 5.16. The molecule has 1 N–H and O–H groups in total. The van der Waals surface area contributed by atoms with Gasteiger partial charge in [0.2, 0.25) is 11.8 Å². The fraction of sp³-hybridized carbons (Fsp3) is 0.440. The molecule has 0 heterocycles. The van der Waals surface area contributed by atoms with E-state index in [0.29, 0.717) is 12.3 Å². The third kappa shape index (κ3) is 7.69. The summed E-state index contributed by atoms with van der Waals surface area (Å²) in [6, 6.07) is 18.1. The Morgan fingerprint density at radius 2 is 1.74 bits per heavy atom. The summed E-state index contributed by atoms with van der Waals surface area (Å²) in [5.74, 6) is 1.12. The monoisotopic (exact) mass is 502 g/mol. The van der Waals surface area contributed by atoms with Crippen LogP contribution in [-0.2, 0) is 21.8 Å². The van der Waals surface area contributed by atoms with Crippen LogP contribution in [0.5, 0.6) is 0 Å². The average Bonchev–Trinajstić information content (AvgIpc) is 3.29. The topological polar surface area (TPSA) is 49.4 Å². The van der Waals surface area contributed by atoms with Crippen LogP contribution in [-0.4, -0.2) is 41.1 Å². The normalized spacial score (nSPS) is 14.9. The zero-order valence-corrected chi connectivity index (χ0v) is 20.5. The average molecular weight is 504 g/mol. The van der Waals surface area contributed by atoms with Crippen molar-refractivity contribution in [2.24, 2.45) is 0 Å². The van der Waals surface area contributed by atoms with Crippen LogP contribution in [0.3, 0.4) is 0 Å². The highest BCUT2D eigenvalue weighted by molar-refractivity contribution is 9.10. The Hall–Kier alpha value is -1.79. The number of amides is 2. The van der Waals surface area contributed by atoms with Gasteiger partial charge in [-0.2, -0.15) is 0 Å².